The maximum Gasteiger partial charge on any atom is 0.128 e. The summed E-state index contributed by atoms with van der Waals surface area (Å²) in [4.78, 5) is 6.39. The standard InChI is InChI=1S/C12H19N3/c1-15(2)12-8-10(5-7-14-12)11-4-3-6-13-9-11/h5,7-8,11,13H,3-4,6,9H2,1-2H3/t11-/m0/s1. The van der Waals surface area contributed by atoms with E-state index in [-0.39, 0.29) is 0 Å². The zero-order valence-corrected chi connectivity index (χ0v) is 9.53. The Morgan fingerprint density at radius 3 is 3.00 bits per heavy atom. The SMILES string of the molecule is CN(C)c1cc([C@H]2CCCNC2)ccn1. The summed E-state index contributed by atoms with van der Waals surface area (Å²) >= 11 is 0. The second-order valence-corrected chi connectivity index (χ2v) is 4.39. The van der Waals surface area contributed by atoms with Gasteiger partial charge < -0.3 is 10.2 Å². The summed E-state index contributed by atoms with van der Waals surface area (Å²) < 4.78 is 0. The average molecular weight is 205 g/mol. The molecule has 1 aromatic heterocycles. The molecule has 1 fully saturated rings. The van der Waals surface area contributed by atoms with E-state index < -0.39 is 0 Å². The summed E-state index contributed by atoms with van der Waals surface area (Å²) in [6.45, 7) is 2.28. The molecule has 1 aromatic rings. The summed E-state index contributed by atoms with van der Waals surface area (Å²) in [5.41, 5.74) is 1.42. The van der Waals surface area contributed by atoms with Crippen molar-refractivity contribution in [1.29, 1.82) is 0 Å². The predicted molar refractivity (Wildman–Crippen MR) is 63.4 cm³/mol. The van der Waals surface area contributed by atoms with Gasteiger partial charge in [-0.15, -0.1) is 0 Å². The van der Waals surface area contributed by atoms with Crippen LogP contribution in [0, 0.1) is 0 Å². The maximum atomic E-state index is 4.34. The number of hydrogen-bond donors (Lipinski definition) is 1. The molecule has 0 radical (unpaired) electrons. The number of nitrogens with zero attached hydrogens (tertiary/aromatic N) is 2. The molecule has 1 N–H and O–H groups in total. The lowest BCUT2D eigenvalue weighted by atomic mass is 9.92. The molecule has 0 aliphatic carbocycles. The normalized spacial score (nSPS) is 21.3. The Labute approximate surface area is 91.5 Å². The van der Waals surface area contributed by atoms with Crippen molar-refractivity contribution < 1.29 is 0 Å². The summed E-state index contributed by atoms with van der Waals surface area (Å²) in [6, 6.07) is 4.35. The molecular weight excluding hydrogens is 186 g/mol. The number of pyridine rings is 1. The van der Waals surface area contributed by atoms with E-state index in [1.54, 1.807) is 0 Å². The third kappa shape index (κ3) is 2.48. The Bertz CT molecular complexity index is 316. The number of rotatable bonds is 2. The minimum atomic E-state index is 0.667. The monoisotopic (exact) mass is 205 g/mol. The lowest BCUT2D eigenvalue weighted by molar-refractivity contribution is 0.461. The molecule has 1 saturated heterocycles. The molecule has 0 spiro atoms. The molecule has 3 nitrogen and oxygen atoms in total. The van der Waals surface area contributed by atoms with Crippen molar-refractivity contribution in [1.82, 2.24) is 10.3 Å². The smallest absolute Gasteiger partial charge is 0.128 e. The Morgan fingerprint density at radius 1 is 1.47 bits per heavy atom. The van der Waals surface area contributed by atoms with Gasteiger partial charge in [-0.1, -0.05) is 0 Å². The van der Waals surface area contributed by atoms with Crippen molar-refractivity contribution in [2.45, 2.75) is 18.8 Å². The van der Waals surface area contributed by atoms with Gasteiger partial charge in [0.1, 0.15) is 5.82 Å². The summed E-state index contributed by atoms with van der Waals surface area (Å²) in [5.74, 6) is 1.72. The van der Waals surface area contributed by atoms with Gasteiger partial charge in [-0.05, 0) is 43.0 Å². The van der Waals surface area contributed by atoms with Gasteiger partial charge >= 0.3 is 0 Å². The minimum Gasteiger partial charge on any atom is -0.363 e. The highest BCUT2D eigenvalue weighted by molar-refractivity contribution is 5.40. The van der Waals surface area contributed by atoms with Crippen molar-refractivity contribution in [2.24, 2.45) is 0 Å². The molecule has 0 amide bonds. The van der Waals surface area contributed by atoms with Crippen LogP contribution in [0.15, 0.2) is 18.3 Å². The molecule has 1 atom stereocenters. The first-order chi connectivity index (χ1) is 7.27. The average Bonchev–Trinajstić information content (AvgIpc) is 2.30. The Hall–Kier alpha value is -1.09. The number of aromatic nitrogens is 1. The molecule has 3 heteroatoms. The highest BCUT2D eigenvalue weighted by atomic mass is 15.1. The van der Waals surface area contributed by atoms with E-state index in [4.69, 9.17) is 0 Å². The molecule has 1 aliphatic rings. The summed E-state index contributed by atoms with van der Waals surface area (Å²) in [6.07, 6.45) is 4.49. The first-order valence-corrected chi connectivity index (χ1v) is 5.61. The molecule has 1 aliphatic heterocycles. The summed E-state index contributed by atoms with van der Waals surface area (Å²) in [7, 11) is 4.07. The molecule has 0 unspecified atom stereocenters. The quantitative estimate of drug-likeness (QED) is 0.795. The van der Waals surface area contributed by atoms with Crippen molar-refractivity contribution in [3.63, 3.8) is 0 Å². The fraction of sp³-hybridized carbons (Fsp3) is 0.583. The highest BCUT2D eigenvalue weighted by Gasteiger charge is 2.15. The van der Waals surface area contributed by atoms with E-state index in [1.807, 2.05) is 20.3 Å². The van der Waals surface area contributed by atoms with Crippen LogP contribution in [0.1, 0.15) is 24.3 Å². The fourth-order valence-corrected chi connectivity index (χ4v) is 2.07. The van der Waals surface area contributed by atoms with Crippen LogP contribution in [0.3, 0.4) is 0 Å². The Morgan fingerprint density at radius 2 is 2.33 bits per heavy atom. The van der Waals surface area contributed by atoms with E-state index >= 15 is 0 Å². The molecule has 2 heterocycles. The third-order valence-electron chi connectivity index (χ3n) is 3.00. The molecule has 2 rings (SSSR count). The van der Waals surface area contributed by atoms with Crippen LogP contribution in [0.25, 0.3) is 0 Å². The van der Waals surface area contributed by atoms with Gasteiger partial charge in [-0.3, -0.25) is 0 Å². The number of piperidine rings is 1. The van der Waals surface area contributed by atoms with Gasteiger partial charge in [0.25, 0.3) is 0 Å². The minimum absolute atomic E-state index is 0.667. The second kappa shape index (κ2) is 4.62. The third-order valence-corrected chi connectivity index (χ3v) is 3.00. The maximum absolute atomic E-state index is 4.34. The molecule has 82 valence electrons. The zero-order valence-electron chi connectivity index (χ0n) is 9.53. The number of hydrogen-bond acceptors (Lipinski definition) is 3. The van der Waals surface area contributed by atoms with E-state index in [2.05, 4.69) is 27.3 Å². The Balaban J connectivity index is 2.16. The van der Waals surface area contributed by atoms with E-state index in [0.29, 0.717) is 5.92 Å². The van der Waals surface area contributed by atoms with Gasteiger partial charge in [0.15, 0.2) is 0 Å². The zero-order chi connectivity index (χ0) is 10.7. The first kappa shape index (κ1) is 10.4. The van der Waals surface area contributed by atoms with Crippen LogP contribution in [0.5, 0.6) is 0 Å². The molecule has 0 saturated carbocycles. The van der Waals surface area contributed by atoms with E-state index in [0.717, 1.165) is 12.4 Å². The fourth-order valence-electron chi connectivity index (χ4n) is 2.07. The lowest BCUT2D eigenvalue weighted by Crippen LogP contribution is -2.28. The van der Waals surface area contributed by atoms with Gasteiger partial charge in [0, 0.05) is 26.8 Å². The number of nitrogens with one attached hydrogen (secondary N) is 1. The number of anilines is 1. The largest absolute Gasteiger partial charge is 0.363 e. The predicted octanol–water partition coefficient (Wildman–Crippen LogP) is 1.61. The van der Waals surface area contributed by atoms with Gasteiger partial charge in [-0.25, -0.2) is 4.98 Å². The van der Waals surface area contributed by atoms with Gasteiger partial charge in [0.2, 0.25) is 0 Å². The summed E-state index contributed by atoms with van der Waals surface area (Å²) in [5, 5.41) is 3.45. The van der Waals surface area contributed by atoms with Crippen LogP contribution in [0.4, 0.5) is 5.82 Å². The van der Waals surface area contributed by atoms with Crippen molar-refractivity contribution in [3.05, 3.63) is 23.9 Å². The molecule has 15 heavy (non-hydrogen) atoms. The topological polar surface area (TPSA) is 28.2 Å². The van der Waals surface area contributed by atoms with Crippen LogP contribution in [-0.2, 0) is 0 Å². The highest BCUT2D eigenvalue weighted by Crippen LogP contribution is 2.24. The second-order valence-electron chi connectivity index (χ2n) is 4.39. The van der Waals surface area contributed by atoms with Crippen LogP contribution in [-0.4, -0.2) is 32.2 Å². The first-order valence-electron chi connectivity index (χ1n) is 5.61. The lowest BCUT2D eigenvalue weighted by Gasteiger charge is -2.24. The van der Waals surface area contributed by atoms with Crippen molar-refractivity contribution >= 4 is 5.82 Å². The van der Waals surface area contributed by atoms with Gasteiger partial charge in [-0.2, -0.15) is 0 Å². The van der Waals surface area contributed by atoms with Crippen molar-refractivity contribution in [2.75, 3.05) is 32.1 Å². The molecule has 0 bridgehead atoms. The van der Waals surface area contributed by atoms with Crippen molar-refractivity contribution in [3.8, 4) is 0 Å². The molecular formula is C12H19N3. The van der Waals surface area contributed by atoms with Crippen LogP contribution >= 0.6 is 0 Å². The van der Waals surface area contributed by atoms with E-state index in [9.17, 15) is 0 Å². The Kier molecular flexibility index (Phi) is 3.21. The van der Waals surface area contributed by atoms with Gasteiger partial charge in [0.05, 0.1) is 0 Å². The molecule has 0 aromatic carbocycles. The van der Waals surface area contributed by atoms with E-state index in [1.165, 1.54) is 24.9 Å². The van der Waals surface area contributed by atoms with Crippen LogP contribution < -0.4 is 10.2 Å². The van der Waals surface area contributed by atoms with Crippen LogP contribution in [0.2, 0.25) is 0 Å².